The van der Waals surface area contributed by atoms with Gasteiger partial charge in [-0.3, -0.25) is 9.59 Å². The minimum absolute atomic E-state index is 0.169. The van der Waals surface area contributed by atoms with Crippen molar-refractivity contribution in [3.05, 3.63) is 58.1 Å². The molecule has 5 heteroatoms. The van der Waals surface area contributed by atoms with Gasteiger partial charge in [-0.25, -0.2) is 4.90 Å². The van der Waals surface area contributed by atoms with Gasteiger partial charge in [-0.05, 0) is 49.2 Å². The topological polar surface area (TPSA) is 49.4 Å². The van der Waals surface area contributed by atoms with E-state index in [0.717, 1.165) is 21.3 Å². The van der Waals surface area contributed by atoms with Gasteiger partial charge in [-0.15, -0.1) is 0 Å². The second-order valence-corrected chi connectivity index (χ2v) is 6.63. The molecular weight excluding hydrogens is 356 g/mol. The third-order valence-corrected chi connectivity index (χ3v) is 4.56. The molecule has 2 aromatic carbocycles. The van der Waals surface area contributed by atoms with Crippen LogP contribution in [0.5, 0.6) is 0 Å². The predicted molar refractivity (Wildman–Crippen MR) is 94.6 cm³/mol. The molecule has 0 aliphatic carbocycles. The van der Waals surface area contributed by atoms with Crippen LogP contribution in [0.15, 0.2) is 46.9 Å². The maximum absolute atomic E-state index is 12.7. The fourth-order valence-electron chi connectivity index (χ4n) is 2.82. The minimum atomic E-state index is -0.522. The van der Waals surface area contributed by atoms with E-state index in [1.807, 2.05) is 44.2 Å². The molecule has 4 nitrogen and oxygen atoms in total. The maximum Gasteiger partial charge on any atom is 0.256 e. The number of carbonyl (C=O) groups excluding carboxylic acids is 2. The molecule has 0 spiro atoms. The van der Waals surface area contributed by atoms with E-state index in [0.29, 0.717) is 5.69 Å². The summed E-state index contributed by atoms with van der Waals surface area (Å²) in [5.41, 5.74) is 3.66. The van der Waals surface area contributed by atoms with E-state index in [2.05, 4.69) is 21.2 Å². The molecule has 0 radical (unpaired) electrons. The Kier molecular flexibility index (Phi) is 4.22. The molecule has 0 saturated carbocycles. The van der Waals surface area contributed by atoms with Gasteiger partial charge in [-0.2, -0.15) is 0 Å². The molecule has 1 N–H and O–H groups in total. The van der Waals surface area contributed by atoms with Crippen LogP contribution in [0.25, 0.3) is 0 Å². The maximum atomic E-state index is 12.7. The van der Waals surface area contributed by atoms with Crippen LogP contribution in [0.2, 0.25) is 0 Å². The molecule has 0 unspecified atom stereocenters. The van der Waals surface area contributed by atoms with Gasteiger partial charge >= 0.3 is 0 Å². The zero-order valence-electron chi connectivity index (χ0n) is 13.0. The molecule has 0 aromatic heterocycles. The second-order valence-electron chi connectivity index (χ2n) is 5.71. The van der Waals surface area contributed by atoms with Crippen LogP contribution in [-0.2, 0) is 9.59 Å². The fourth-order valence-corrected chi connectivity index (χ4v) is 3.09. The van der Waals surface area contributed by atoms with E-state index < -0.39 is 6.04 Å². The van der Waals surface area contributed by atoms with E-state index in [9.17, 15) is 9.59 Å². The molecule has 1 heterocycles. The first-order valence-corrected chi connectivity index (χ1v) is 8.22. The minimum Gasteiger partial charge on any atom is -0.373 e. The molecule has 1 aliphatic heterocycles. The Balaban J connectivity index is 1.85. The molecule has 1 aliphatic rings. The van der Waals surface area contributed by atoms with Gasteiger partial charge in [0, 0.05) is 10.2 Å². The molecule has 0 bridgehead atoms. The van der Waals surface area contributed by atoms with E-state index in [-0.39, 0.29) is 18.2 Å². The van der Waals surface area contributed by atoms with Crippen molar-refractivity contribution >= 4 is 39.1 Å². The highest BCUT2D eigenvalue weighted by Gasteiger charge is 2.39. The van der Waals surface area contributed by atoms with Crippen LogP contribution in [0.3, 0.4) is 0 Å². The van der Waals surface area contributed by atoms with Crippen molar-refractivity contribution in [1.82, 2.24) is 0 Å². The van der Waals surface area contributed by atoms with Crippen LogP contribution in [-0.4, -0.2) is 17.9 Å². The number of aryl methyl sites for hydroxylation is 2. The van der Waals surface area contributed by atoms with Gasteiger partial charge in [0.15, 0.2) is 0 Å². The van der Waals surface area contributed by atoms with Crippen molar-refractivity contribution < 1.29 is 9.59 Å². The van der Waals surface area contributed by atoms with Crippen molar-refractivity contribution in [2.45, 2.75) is 26.3 Å². The molecule has 2 amide bonds. The van der Waals surface area contributed by atoms with Crippen LogP contribution >= 0.6 is 15.9 Å². The Bertz CT molecular complexity index is 751. The summed E-state index contributed by atoms with van der Waals surface area (Å²) in [4.78, 5) is 26.2. The van der Waals surface area contributed by atoms with Gasteiger partial charge in [-0.1, -0.05) is 34.1 Å². The van der Waals surface area contributed by atoms with Gasteiger partial charge < -0.3 is 5.32 Å². The normalized spacial score (nSPS) is 17.7. The number of amides is 2. The molecule has 3 rings (SSSR count). The second kappa shape index (κ2) is 6.16. The van der Waals surface area contributed by atoms with Crippen LogP contribution in [0.1, 0.15) is 17.5 Å². The molecule has 2 aromatic rings. The van der Waals surface area contributed by atoms with Crippen molar-refractivity contribution in [2.24, 2.45) is 0 Å². The Morgan fingerprint density at radius 1 is 1.04 bits per heavy atom. The Morgan fingerprint density at radius 2 is 1.65 bits per heavy atom. The van der Waals surface area contributed by atoms with Crippen molar-refractivity contribution in [3.8, 4) is 0 Å². The largest absolute Gasteiger partial charge is 0.373 e. The van der Waals surface area contributed by atoms with Crippen molar-refractivity contribution in [2.75, 3.05) is 10.2 Å². The summed E-state index contributed by atoms with van der Waals surface area (Å²) < 4.78 is 0.908. The SMILES string of the molecule is Cc1cccc(C)c1N[C@H]1CC(=O)N(c2ccc(Br)cc2)C1=O. The number of halogens is 1. The lowest BCUT2D eigenvalue weighted by Crippen LogP contribution is -2.35. The van der Waals surface area contributed by atoms with Crippen molar-refractivity contribution in [1.29, 1.82) is 0 Å². The summed E-state index contributed by atoms with van der Waals surface area (Å²) >= 11 is 3.36. The number of anilines is 2. The Labute approximate surface area is 143 Å². The average molecular weight is 373 g/mol. The fraction of sp³-hybridized carbons (Fsp3) is 0.222. The average Bonchev–Trinajstić information content (AvgIpc) is 2.79. The lowest BCUT2D eigenvalue weighted by Gasteiger charge is -2.18. The molecular formula is C18H17BrN2O2. The monoisotopic (exact) mass is 372 g/mol. The summed E-state index contributed by atoms with van der Waals surface area (Å²) in [6.07, 6.45) is 0.169. The number of hydrogen-bond donors (Lipinski definition) is 1. The Morgan fingerprint density at radius 3 is 2.26 bits per heavy atom. The smallest absolute Gasteiger partial charge is 0.256 e. The number of hydrogen-bond acceptors (Lipinski definition) is 3. The number of para-hydroxylation sites is 1. The first-order valence-electron chi connectivity index (χ1n) is 7.42. The highest BCUT2D eigenvalue weighted by molar-refractivity contribution is 9.10. The lowest BCUT2D eigenvalue weighted by atomic mass is 10.1. The van der Waals surface area contributed by atoms with Crippen LogP contribution < -0.4 is 10.2 Å². The molecule has 23 heavy (non-hydrogen) atoms. The summed E-state index contributed by atoms with van der Waals surface area (Å²) in [5, 5.41) is 3.25. The van der Waals surface area contributed by atoms with Gasteiger partial charge in [0.25, 0.3) is 5.91 Å². The van der Waals surface area contributed by atoms with Crippen molar-refractivity contribution in [3.63, 3.8) is 0 Å². The van der Waals surface area contributed by atoms with E-state index in [1.54, 1.807) is 12.1 Å². The summed E-state index contributed by atoms with van der Waals surface area (Å²) in [7, 11) is 0. The highest BCUT2D eigenvalue weighted by atomic mass is 79.9. The van der Waals surface area contributed by atoms with Gasteiger partial charge in [0.05, 0.1) is 12.1 Å². The number of nitrogens with zero attached hydrogens (tertiary/aromatic N) is 1. The molecule has 1 saturated heterocycles. The zero-order valence-corrected chi connectivity index (χ0v) is 14.6. The number of rotatable bonds is 3. The van der Waals surface area contributed by atoms with Crippen LogP contribution in [0.4, 0.5) is 11.4 Å². The quantitative estimate of drug-likeness (QED) is 0.833. The highest BCUT2D eigenvalue weighted by Crippen LogP contribution is 2.28. The third-order valence-electron chi connectivity index (χ3n) is 4.03. The number of benzene rings is 2. The van der Waals surface area contributed by atoms with Gasteiger partial charge in [0.2, 0.25) is 5.91 Å². The standard InChI is InChI=1S/C18H17BrN2O2/c1-11-4-3-5-12(2)17(11)20-15-10-16(22)21(18(15)23)14-8-6-13(19)7-9-14/h3-9,15,20H,10H2,1-2H3/t15-/m0/s1. The van der Waals surface area contributed by atoms with E-state index >= 15 is 0 Å². The first-order chi connectivity index (χ1) is 11.0. The molecule has 1 fully saturated rings. The number of nitrogens with one attached hydrogen (secondary N) is 1. The number of carbonyl (C=O) groups is 2. The first kappa shape index (κ1) is 15.7. The molecule has 1 atom stereocenters. The third kappa shape index (κ3) is 3.01. The summed E-state index contributed by atoms with van der Waals surface area (Å²) in [6, 6.07) is 12.6. The molecule has 118 valence electrons. The Hall–Kier alpha value is -2.14. The summed E-state index contributed by atoms with van der Waals surface area (Å²) in [6.45, 7) is 3.98. The lowest BCUT2D eigenvalue weighted by molar-refractivity contribution is -0.121. The number of imide groups is 1. The van der Waals surface area contributed by atoms with Crippen LogP contribution in [0, 0.1) is 13.8 Å². The van der Waals surface area contributed by atoms with E-state index in [4.69, 9.17) is 0 Å². The zero-order chi connectivity index (χ0) is 16.6. The summed E-state index contributed by atoms with van der Waals surface area (Å²) in [5.74, 6) is -0.388. The van der Waals surface area contributed by atoms with E-state index in [1.165, 1.54) is 4.90 Å². The predicted octanol–water partition coefficient (Wildman–Crippen LogP) is 3.81. The van der Waals surface area contributed by atoms with Gasteiger partial charge in [0.1, 0.15) is 6.04 Å².